The minimum Gasteiger partial charge on any atom is -0.311 e. The molecule has 0 aliphatic rings. The molecular formula is C70H48N2. The van der Waals surface area contributed by atoms with Crippen LogP contribution in [0.1, 0.15) is 0 Å². The van der Waals surface area contributed by atoms with Crippen molar-refractivity contribution in [1.82, 2.24) is 4.57 Å². The lowest BCUT2D eigenvalue weighted by Gasteiger charge is -2.26. The van der Waals surface area contributed by atoms with E-state index >= 15 is 0 Å². The van der Waals surface area contributed by atoms with Crippen molar-refractivity contribution in [2.75, 3.05) is 4.90 Å². The minimum atomic E-state index is 1.08. The highest BCUT2D eigenvalue weighted by Gasteiger charge is 2.18. The molecule has 0 aliphatic carbocycles. The average Bonchev–Trinajstić information content (AvgIpc) is 3.80. The number of aromatic nitrogens is 1. The fourth-order valence-electron chi connectivity index (χ4n) is 10.9. The van der Waals surface area contributed by atoms with Gasteiger partial charge in [0, 0.05) is 33.5 Å². The van der Waals surface area contributed by atoms with E-state index in [-0.39, 0.29) is 0 Å². The number of benzene rings is 12. The lowest BCUT2D eigenvalue weighted by molar-refractivity contribution is 1.18. The second kappa shape index (κ2) is 18.4. The Kier molecular flexibility index (Phi) is 10.9. The molecule has 0 radical (unpaired) electrons. The number of anilines is 3. The largest absolute Gasteiger partial charge is 0.311 e. The molecule has 13 aromatic rings. The van der Waals surface area contributed by atoms with Gasteiger partial charge in [-0.15, -0.1) is 0 Å². The van der Waals surface area contributed by atoms with E-state index in [2.05, 4.69) is 301 Å². The first-order valence-corrected chi connectivity index (χ1v) is 24.7. The van der Waals surface area contributed by atoms with Crippen molar-refractivity contribution < 1.29 is 0 Å². The highest BCUT2D eigenvalue weighted by Crippen LogP contribution is 2.43. The number of hydrogen-bond acceptors (Lipinski definition) is 1. The molecule has 0 bridgehead atoms. The second-order valence-electron chi connectivity index (χ2n) is 18.4. The molecule has 0 amide bonds. The first-order chi connectivity index (χ1) is 35.7. The molecule has 0 spiro atoms. The zero-order chi connectivity index (χ0) is 47.8. The third-order valence-corrected chi connectivity index (χ3v) is 14.2. The smallest absolute Gasteiger partial charge is 0.0541 e. The Hall–Kier alpha value is -9.50. The Morgan fingerprint density at radius 3 is 1.11 bits per heavy atom. The topological polar surface area (TPSA) is 8.17 Å². The van der Waals surface area contributed by atoms with Crippen LogP contribution in [0.25, 0.3) is 105 Å². The van der Waals surface area contributed by atoms with Gasteiger partial charge < -0.3 is 9.47 Å². The first-order valence-electron chi connectivity index (χ1n) is 24.7. The summed E-state index contributed by atoms with van der Waals surface area (Å²) < 4.78 is 2.39. The van der Waals surface area contributed by atoms with E-state index in [1.807, 2.05) is 0 Å². The Balaban J connectivity index is 0.895. The molecule has 338 valence electrons. The molecule has 2 nitrogen and oxygen atoms in total. The summed E-state index contributed by atoms with van der Waals surface area (Å²) in [5, 5.41) is 5.01. The Labute approximate surface area is 420 Å². The summed E-state index contributed by atoms with van der Waals surface area (Å²) in [6.07, 6.45) is 0. The number of fused-ring (bicyclic) bond motifs is 4. The molecule has 0 saturated carbocycles. The quantitative estimate of drug-likeness (QED) is 0.133. The molecule has 12 aromatic carbocycles. The van der Waals surface area contributed by atoms with Crippen LogP contribution in [0.2, 0.25) is 0 Å². The van der Waals surface area contributed by atoms with Crippen molar-refractivity contribution in [2.24, 2.45) is 0 Å². The molecule has 1 heterocycles. The van der Waals surface area contributed by atoms with Crippen LogP contribution in [0.4, 0.5) is 17.1 Å². The van der Waals surface area contributed by atoms with E-state index in [0.29, 0.717) is 0 Å². The van der Waals surface area contributed by atoms with Gasteiger partial charge >= 0.3 is 0 Å². The molecule has 0 saturated heterocycles. The second-order valence-corrected chi connectivity index (χ2v) is 18.4. The van der Waals surface area contributed by atoms with E-state index in [9.17, 15) is 0 Å². The van der Waals surface area contributed by atoms with Gasteiger partial charge in [-0.05, 0) is 138 Å². The zero-order valence-electron chi connectivity index (χ0n) is 39.6. The van der Waals surface area contributed by atoms with Gasteiger partial charge in [0.25, 0.3) is 0 Å². The highest BCUT2D eigenvalue weighted by atomic mass is 15.1. The van der Waals surface area contributed by atoms with Crippen LogP contribution in [-0.4, -0.2) is 4.57 Å². The van der Waals surface area contributed by atoms with Crippen molar-refractivity contribution in [3.8, 4) is 72.4 Å². The molecule has 13 rings (SSSR count). The van der Waals surface area contributed by atoms with Crippen LogP contribution < -0.4 is 4.90 Å². The van der Waals surface area contributed by atoms with Crippen molar-refractivity contribution in [3.05, 3.63) is 291 Å². The van der Waals surface area contributed by atoms with Crippen LogP contribution in [0.3, 0.4) is 0 Å². The fourth-order valence-corrected chi connectivity index (χ4v) is 10.9. The number of rotatable bonds is 10. The van der Waals surface area contributed by atoms with Gasteiger partial charge in [-0.1, -0.05) is 231 Å². The lowest BCUT2D eigenvalue weighted by Crippen LogP contribution is -2.09. The maximum atomic E-state index is 2.39. The molecule has 0 unspecified atom stereocenters. The Bertz CT molecular complexity index is 4000. The third-order valence-electron chi connectivity index (χ3n) is 14.2. The zero-order valence-corrected chi connectivity index (χ0v) is 39.6. The maximum absolute atomic E-state index is 2.39. The van der Waals surface area contributed by atoms with E-state index < -0.39 is 0 Å². The lowest BCUT2D eigenvalue weighted by atomic mass is 9.89. The van der Waals surface area contributed by atoms with Crippen LogP contribution in [-0.2, 0) is 0 Å². The van der Waals surface area contributed by atoms with Gasteiger partial charge in [0.2, 0.25) is 0 Å². The monoisotopic (exact) mass is 916 g/mol. The Morgan fingerprint density at radius 2 is 0.597 bits per heavy atom. The molecule has 0 N–H and O–H groups in total. The summed E-state index contributed by atoms with van der Waals surface area (Å²) in [5.74, 6) is 0. The van der Waals surface area contributed by atoms with Crippen LogP contribution in [0.5, 0.6) is 0 Å². The summed E-state index contributed by atoms with van der Waals surface area (Å²) in [5.41, 5.74) is 21.2. The highest BCUT2D eigenvalue weighted by molar-refractivity contribution is 6.09. The van der Waals surface area contributed by atoms with Crippen LogP contribution in [0.15, 0.2) is 291 Å². The van der Waals surface area contributed by atoms with Crippen molar-refractivity contribution >= 4 is 49.6 Å². The minimum absolute atomic E-state index is 1.08. The Morgan fingerprint density at radius 1 is 0.236 bits per heavy atom. The number of nitrogens with zero attached hydrogens (tertiary/aromatic N) is 2. The SMILES string of the molecule is c1ccc(-c2ccccc2-c2ccccc2-c2ccc(N(c3ccc(-c4cccc(-n5c6ccccc6c6ccccc65)c4)cc3)c3ccc(-c4cccc5cccc(-c6ccccc6)c45)cc3)cc2)cc1. The molecule has 72 heavy (non-hydrogen) atoms. The maximum Gasteiger partial charge on any atom is 0.0541 e. The van der Waals surface area contributed by atoms with Gasteiger partial charge in [0.1, 0.15) is 0 Å². The number of hydrogen-bond donors (Lipinski definition) is 0. The summed E-state index contributed by atoms with van der Waals surface area (Å²) in [7, 11) is 0. The molecular weight excluding hydrogens is 869 g/mol. The van der Waals surface area contributed by atoms with E-state index in [1.165, 1.54) is 88.2 Å². The normalized spacial score (nSPS) is 11.3. The van der Waals surface area contributed by atoms with Gasteiger partial charge in [-0.3, -0.25) is 0 Å². The van der Waals surface area contributed by atoms with Crippen molar-refractivity contribution in [2.45, 2.75) is 0 Å². The summed E-state index contributed by atoms with van der Waals surface area (Å²) in [6.45, 7) is 0. The van der Waals surface area contributed by atoms with Crippen LogP contribution >= 0.6 is 0 Å². The predicted octanol–water partition coefficient (Wildman–Crippen LogP) is 19.4. The molecule has 0 atom stereocenters. The molecule has 2 heteroatoms. The van der Waals surface area contributed by atoms with Gasteiger partial charge in [-0.25, -0.2) is 0 Å². The fraction of sp³-hybridized carbons (Fsp3) is 0. The van der Waals surface area contributed by atoms with Crippen molar-refractivity contribution in [1.29, 1.82) is 0 Å². The predicted molar refractivity (Wildman–Crippen MR) is 306 cm³/mol. The van der Waals surface area contributed by atoms with Gasteiger partial charge in [0.05, 0.1) is 11.0 Å². The summed E-state index contributed by atoms with van der Waals surface area (Å²) >= 11 is 0. The van der Waals surface area contributed by atoms with E-state index in [0.717, 1.165) is 33.9 Å². The van der Waals surface area contributed by atoms with Gasteiger partial charge in [-0.2, -0.15) is 0 Å². The number of para-hydroxylation sites is 2. The van der Waals surface area contributed by atoms with Gasteiger partial charge in [0.15, 0.2) is 0 Å². The summed E-state index contributed by atoms with van der Waals surface area (Å²) in [6, 6.07) is 106. The summed E-state index contributed by atoms with van der Waals surface area (Å²) in [4.78, 5) is 2.38. The third kappa shape index (κ3) is 7.73. The van der Waals surface area contributed by atoms with E-state index in [4.69, 9.17) is 0 Å². The first kappa shape index (κ1) is 42.6. The van der Waals surface area contributed by atoms with Crippen molar-refractivity contribution in [3.63, 3.8) is 0 Å². The molecule has 1 aromatic heterocycles. The molecule has 0 aliphatic heterocycles. The van der Waals surface area contributed by atoms with E-state index in [1.54, 1.807) is 0 Å². The van der Waals surface area contributed by atoms with Crippen LogP contribution in [0, 0.1) is 0 Å². The average molecular weight is 917 g/mol. The standard InChI is InChI=1S/C70H48N2/c1-3-18-50(19-4-1)60-26-7-9-28-64(60)65-29-10-8-27-61(65)52-38-44-57(45-39-52)71(58-46-40-53(41-47-58)63-33-17-23-54-22-16-32-62(70(54)63)51-20-5-2-6-21-51)56-42-36-49(37-43-56)55-24-15-25-59(48-55)72-68-34-13-11-30-66(68)67-31-12-14-35-69(67)72/h1-48H. The molecule has 0 fully saturated rings.